The summed E-state index contributed by atoms with van der Waals surface area (Å²) in [5.41, 5.74) is 0.135. The number of hydrogen-bond acceptors (Lipinski definition) is 3. The maximum atomic E-state index is 13.1. The Balaban J connectivity index is 1.45. The number of piperidine rings is 1. The van der Waals surface area contributed by atoms with Crippen molar-refractivity contribution in [3.8, 4) is 0 Å². The Morgan fingerprint density at radius 2 is 2.12 bits per heavy atom. The first-order chi connectivity index (χ1) is 11.6. The standard InChI is InChI=1S/C18H26N4O2/c1-20-10-6-15(19-20)16(23)22-11-8-18(13-22)7-3-9-21(17(18)24)12-14-4-2-5-14/h6,10,14H,2-5,7-9,11-13H2,1H3/t18-/m1/s1. The lowest BCUT2D eigenvalue weighted by Crippen LogP contribution is -2.52. The van der Waals surface area contributed by atoms with Gasteiger partial charge in [0.15, 0.2) is 0 Å². The van der Waals surface area contributed by atoms with Gasteiger partial charge in [0.25, 0.3) is 5.91 Å². The van der Waals surface area contributed by atoms with Gasteiger partial charge in [-0.2, -0.15) is 5.10 Å². The number of amides is 2. The highest BCUT2D eigenvalue weighted by atomic mass is 16.2. The van der Waals surface area contributed by atoms with Crippen LogP contribution in [0.3, 0.4) is 0 Å². The highest BCUT2D eigenvalue weighted by Crippen LogP contribution is 2.41. The molecule has 1 aromatic rings. The van der Waals surface area contributed by atoms with Crippen LogP contribution in [0.2, 0.25) is 0 Å². The second kappa shape index (κ2) is 5.90. The Labute approximate surface area is 142 Å². The average Bonchev–Trinajstić information content (AvgIpc) is 3.14. The maximum Gasteiger partial charge on any atom is 0.274 e. The fourth-order valence-electron chi connectivity index (χ4n) is 4.43. The van der Waals surface area contributed by atoms with Crippen molar-refractivity contribution in [3.05, 3.63) is 18.0 Å². The molecule has 6 heteroatoms. The Kier molecular flexibility index (Phi) is 3.85. The molecule has 24 heavy (non-hydrogen) atoms. The van der Waals surface area contributed by atoms with Crippen LogP contribution in [0.5, 0.6) is 0 Å². The van der Waals surface area contributed by atoms with E-state index in [4.69, 9.17) is 0 Å². The molecule has 6 nitrogen and oxygen atoms in total. The van der Waals surface area contributed by atoms with Gasteiger partial charge in [0, 0.05) is 39.4 Å². The molecule has 130 valence electrons. The average molecular weight is 330 g/mol. The zero-order chi connectivity index (χ0) is 16.7. The van der Waals surface area contributed by atoms with Crippen LogP contribution in [0.1, 0.15) is 49.0 Å². The van der Waals surface area contributed by atoms with Crippen LogP contribution in [0.15, 0.2) is 12.3 Å². The quantitative estimate of drug-likeness (QED) is 0.847. The van der Waals surface area contributed by atoms with E-state index in [1.807, 2.05) is 11.9 Å². The minimum absolute atomic E-state index is 0.0450. The van der Waals surface area contributed by atoms with E-state index in [0.717, 1.165) is 32.4 Å². The van der Waals surface area contributed by atoms with Crippen molar-refractivity contribution in [2.24, 2.45) is 18.4 Å². The second-order valence-electron chi connectivity index (χ2n) is 7.78. The van der Waals surface area contributed by atoms with Crippen molar-refractivity contribution in [2.75, 3.05) is 26.2 Å². The summed E-state index contributed by atoms with van der Waals surface area (Å²) in [6, 6.07) is 1.75. The first kappa shape index (κ1) is 15.7. The summed E-state index contributed by atoms with van der Waals surface area (Å²) in [5.74, 6) is 0.949. The lowest BCUT2D eigenvalue weighted by molar-refractivity contribution is -0.146. The molecule has 3 heterocycles. The summed E-state index contributed by atoms with van der Waals surface area (Å²) in [4.78, 5) is 29.6. The van der Waals surface area contributed by atoms with E-state index in [9.17, 15) is 9.59 Å². The molecule has 0 bridgehead atoms. The zero-order valence-corrected chi connectivity index (χ0v) is 14.4. The predicted molar refractivity (Wildman–Crippen MR) is 89.3 cm³/mol. The normalized spacial score (nSPS) is 27.8. The van der Waals surface area contributed by atoms with Gasteiger partial charge < -0.3 is 9.80 Å². The minimum Gasteiger partial charge on any atom is -0.342 e. The van der Waals surface area contributed by atoms with Crippen molar-refractivity contribution in [3.63, 3.8) is 0 Å². The van der Waals surface area contributed by atoms with E-state index in [0.29, 0.717) is 24.7 Å². The number of rotatable bonds is 3. The van der Waals surface area contributed by atoms with Crippen LogP contribution in [0.25, 0.3) is 0 Å². The monoisotopic (exact) mass is 330 g/mol. The Hall–Kier alpha value is -1.85. The van der Waals surface area contributed by atoms with Crippen LogP contribution in [-0.4, -0.2) is 57.6 Å². The molecule has 2 aliphatic heterocycles. The van der Waals surface area contributed by atoms with Crippen molar-refractivity contribution in [1.82, 2.24) is 19.6 Å². The molecule has 0 aromatic carbocycles. The molecule has 0 unspecified atom stereocenters. The molecular formula is C18H26N4O2. The number of aromatic nitrogens is 2. The predicted octanol–water partition coefficient (Wildman–Crippen LogP) is 1.67. The summed E-state index contributed by atoms with van der Waals surface area (Å²) in [6.07, 6.45) is 8.40. The third-order valence-electron chi connectivity index (χ3n) is 6.10. The first-order valence-electron chi connectivity index (χ1n) is 9.16. The second-order valence-corrected chi connectivity index (χ2v) is 7.78. The van der Waals surface area contributed by atoms with Gasteiger partial charge in [-0.1, -0.05) is 6.42 Å². The van der Waals surface area contributed by atoms with E-state index in [1.165, 1.54) is 19.3 Å². The number of carbonyl (C=O) groups is 2. The molecule has 1 aromatic heterocycles. The fourth-order valence-corrected chi connectivity index (χ4v) is 4.43. The SMILES string of the molecule is Cn1ccc(C(=O)N2CC[C@]3(CCCN(CC4CCC4)C3=O)C2)n1. The summed E-state index contributed by atoms with van der Waals surface area (Å²) in [5, 5.41) is 4.21. The smallest absolute Gasteiger partial charge is 0.274 e. The molecule has 2 amide bonds. The van der Waals surface area contributed by atoms with Gasteiger partial charge in [-0.25, -0.2) is 0 Å². The lowest BCUT2D eigenvalue weighted by Gasteiger charge is -2.42. The van der Waals surface area contributed by atoms with Crippen LogP contribution in [0.4, 0.5) is 0 Å². The number of carbonyl (C=O) groups excluding carboxylic acids is 2. The molecule has 2 saturated heterocycles. The van der Waals surface area contributed by atoms with Gasteiger partial charge in [0.2, 0.25) is 5.91 Å². The third-order valence-corrected chi connectivity index (χ3v) is 6.10. The summed E-state index contributed by atoms with van der Waals surface area (Å²) in [7, 11) is 1.81. The van der Waals surface area contributed by atoms with Crippen molar-refractivity contribution >= 4 is 11.8 Å². The summed E-state index contributed by atoms with van der Waals surface area (Å²) < 4.78 is 1.64. The lowest BCUT2D eigenvalue weighted by atomic mass is 9.77. The number of aryl methyl sites for hydroxylation is 1. The van der Waals surface area contributed by atoms with Gasteiger partial charge in [-0.05, 0) is 44.1 Å². The van der Waals surface area contributed by atoms with E-state index < -0.39 is 0 Å². The highest BCUT2D eigenvalue weighted by molar-refractivity contribution is 5.93. The molecular weight excluding hydrogens is 304 g/mol. The van der Waals surface area contributed by atoms with E-state index in [1.54, 1.807) is 16.9 Å². The zero-order valence-electron chi connectivity index (χ0n) is 14.4. The summed E-state index contributed by atoms with van der Waals surface area (Å²) in [6.45, 7) is 3.04. The number of hydrogen-bond donors (Lipinski definition) is 0. The number of nitrogens with zero attached hydrogens (tertiary/aromatic N) is 4. The van der Waals surface area contributed by atoms with Gasteiger partial charge in [-0.15, -0.1) is 0 Å². The summed E-state index contributed by atoms with van der Waals surface area (Å²) >= 11 is 0. The van der Waals surface area contributed by atoms with Crippen molar-refractivity contribution < 1.29 is 9.59 Å². The molecule has 1 aliphatic carbocycles. The van der Waals surface area contributed by atoms with Gasteiger partial charge >= 0.3 is 0 Å². The largest absolute Gasteiger partial charge is 0.342 e. The Morgan fingerprint density at radius 1 is 1.29 bits per heavy atom. The third kappa shape index (κ3) is 2.62. The highest BCUT2D eigenvalue weighted by Gasteiger charge is 2.49. The number of likely N-dealkylation sites (tertiary alicyclic amines) is 2. The van der Waals surface area contributed by atoms with Crippen LogP contribution >= 0.6 is 0 Å². The first-order valence-corrected chi connectivity index (χ1v) is 9.16. The fraction of sp³-hybridized carbons (Fsp3) is 0.722. The van der Waals surface area contributed by atoms with E-state index >= 15 is 0 Å². The molecule has 3 fully saturated rings. The van der Waals surface area contributed by atoms with Gasteiger partial charge in [-0.3, -0.25) is 14.3 Å². The molecule has 0 radical (unpaired) electrons. The van der Waals surface area contributed by atoms with Crippen LogP contribution in [0, 0.1) is 11.3 Å². The van der Waals surface area contributed by atoms with Gasteiger partial charge in [0.05, 0.1) is 5.41 Å². The molecule has 1 spiro atoms. The minimum atomic E-state index is -0.341. The maximum absolute atomic E-state index is 13.1. The van der Waals surface area contributed by atoms with Crippen LogP contribution < -0.4 is 0 Å². The molecule has 0 N–H and O–H groups in total. The molecule has 1 atom stereocenters. The van der Waals surface area contributed by atoms with Gasteiger partial charge in [0.1, 0.15) is 5.69 Å². The Morgan fingerprint density at radius 3 is 2.79 bits per heavy atom. The van der Waals surface area contributed by atoms with Crippen molar-refractivity contribution in [2.45, 2.75) is 38.5 Å². The molecule has 1 saturated carbocycles. The van der Waals surface area contributed by atoms with E-state index in [2.05, 4.69) is 10.00 Å². The molecule has 4 rings (SSSR count). The van der Waals surface area contributed by atoms with E-state index in [-0.39, 0.29) is 17.2 Å². The van der Waals surface area contributed by atoms with Crippen LogP contribution in [-0.2, 0) is 11.8 Å². The topological polar surface area (TPSA) is 58.4 Å². The Bertz CT molecular complexity index is 651. The van der Waals surface area contributed by atoms with Crippen molar-refractivity contribution in [1.29, 1.82) is 0 Å². The molecule has 3 aliphatic rings.